The summed E-state index contributed by atoms with van der Waals surface area (Å²) < 4.78 is 0.767. The summed E-state index contributed by atoms with van der Waals surface area (Å²) >= 11 is 3.34. The van der Waals surface area contributed by atoms with Gasteiger partial charge in [-0.1, -0.05) is 12.8 Å². The molecular weight excluding hydrogens is 292 g/mol. The number of rotatable bonds is 3. The summed E-state index contributed by atoms with van der Waals surface area (Å²) in [4.78, 5) is 12.1. The summed E-state index contributed by atoms with van der Waals surface area (Å²) in [6.45, 7) is 2.10. The Morgan fingerprint density at radius 2 is 2.11 bits per heavy atom. The van der Waals surface area contributed by atoms with E-state index in [-0.39, 0.29) is 11.9 Å². The first-order valence-corrected chi connectivity index (χ1v) is 7.23. The number of nitrogens with one attached hydrogen (secondary N) is 1. The monoisotopic (exact) mass is 310 g/mol. The molecule has 98 valence electrons. The van der Waals surface area contributed by atoms with Crippen molar-refractivity contribution in [2.24, 2.45) is 5.92 Å². The van der Waals surface area contributed by atoms with Crippen LogP contribution < -0.4 is 11.1 Å². The molecule has 1 saturated carbocycles. The first kappa shape index (κ1) is 13.4. The van der Waals surface area contributed by atoms with Crippen LogP contribution in [0, 0.1) is 5.92 Å². The van der Waals surface area contributed by atoms with Crippen LogP contribution in [0.15, 0.2) is 22.7 Å². The summed E-state index contributed by atoms with van der Waals surface area (Å²) in [5, 5.41) is 3.08. The molecule has 1 aromatic rings. The van der Waals surface area contributed by atoms with Crippen LogP contribution >= 0.6 is 15.9 Å². The molecule has 1 amide bonds. The van der Waals surface area contributed by atoms with Gasteiger partial charge in [0.2, 0.25) is 0 Å². The zero-order chi connectivity index (χ0) is 13.1. The minimum atomic E-state index is -0.0184. The van der Waals surface area contributed by atoms with Crippen molar-refractivity contribution in [3.05, 3.63) is 28.2 Å². The maximum Gasteiger partial charge on any atom is 0.251 e. The molecule has 3 N–H and O–H groups in total. The van der Waals surface area contributed by atoms with Gasteiger partial charge in [-0.15, -0.1) is 0 Å². The fraction of sp³-hybridized carbons (Fsp3) is 0.500. The van der Waals surface area contributed by atoms with E-state index in [1.165, 1.54) is 25.7 Å². The Bertz CT molecular complexity index is 441. The van der Waals surface area contributed by atoms with Gasteiger partial charge in [-0.05, 0) is 59.8 Å². The molecule has 1 unspecified atom stereocenters. The van der Waals surface area contributed by atoms with Crippen molar-refractivity contribution in [1.29, 1.82) is 0 Å². The molecule has 1 fully saturated rings. The number of nitrogen functional groups attached to an aromatic ring is 1. The lowest BCUT2D eigenvalue weighted by Crippen LogP contribution is -2.37. The second-order valence-corrected chi connectivity index (χ2v) is 5.90. The van der Waals surface area contributed by atoms with Gasteiger partial charge in [-0.25, -0.2) is 0 Å². The molecule has 0 saturated heterocycles. The zero-order valence-corrected chi connectivity index (χ0v) is 12.2. The lowest BCUT2D eigenvalue weighted by atomic mass is 9.99. The van der Waals surface area contributed by atoms with E-state index >= 15 is 0 Å². The Morgan fingerprint density at radius 3 is 2.72 bits per heavy atom. The summed E-state index contributed by atoms with van der Waals surface area (Å²) in [7, 11) is 0. The highest BCUT2D eigenvalue weighted by molar-refractivity contribution is 9.10. The highest BCUT2D eigenvalue weighted by Crippen LogP contribution is 2.28. The SMILES string of the molecule is CC(NC(=O)c1ccc(N)c(Br)c1)C1CCCC1. The lowest BCUT2D eigenvalue weighted by Gasteiger charge is -2.20. The summed E-state index contributed by atoms with van der Waals surface area (Å²) in [5.41, 5.74) is 7.01. The summed E-state index contributed by atoms with van der Waals surface area (Å²) in [6, 6.07) is 5.53. The quantitative estimate of drug-likeness (QED) is 0.841. The number of hydrogen-bond acceptors (Lipinski definition) is 2. The third-order valence-electron chi connectivity index (χ3n) is 3.73. The molecule has 4 heteroatoms. The molecule has 3 nitrogen and oxygen atoms in total. The molecule has 18 heavy (non-hydrogen) atoms. The predicted molar refractivity (Wildman–Crippen MR) is 77.4 cm³/mol. The van der Waals surface area contributed by atoms with Crippen molar-refractivity contribution >= 4 is 27.5 Å². The third-order valence-corrected chi connectivity index (χ3v) is 4.42. The number of nitrogens with two attached hydrogens (primary N) is 1. The van der Waals surface area contributed by atoms with Gasteiger partial charge in [-0.3, -0.25) is 4.79 Å². The van der Waals surface area contributed by atoms with E-state index in [1.807, 2.05) is 0 Å². The molecule has 1 atom stereocenters. The van der Waals surface area contributed by atoms with Crippen molar-refractivity contribution in [2.75, 3.05) is 5.73 Å². The van der Waals surface area contributed by atoms with Crippen LogP contribution in [0.3, 0.4) is 0 Å². The molecule has 0 spiro atoms. The topological polar surface area (TPSA) is 55.1 Å². The van der Waals surface area contributed by atoms with E-state index in [0.717, 1.165) is 4.47 Å². The van der Waals surface area contributed by atoms with Crippen LogP contribution in [-0.4, -0.2) is 11.9 Å². The molecule has 0 radical (unpaired) electrons. The molecule has 1 aromatic carbocycles. The summed E-state index contributed by atoms with van der Waals surface area (Å²) in [5.74, 6) is 0.612. The van der Waals surface area contributed by atoms with E-state index in [9.17, 15) is 4.79 Å². The molecular formula is C14H19BrN2O. The van der Waals surface area contributed by atoms with Crippen molar-refractivity contribution < 1.29 is 4.79 Å². The molecule has 1 aliphatic rings. The number of amides is 1. The van der Waals surface area contributed by atoms with Crippen LogP contribution in [0.2, 0.25) is 0 Å². The molecule has 2 rings (SSSR count). The average Bonchev–Trinajstić information content (AvgIpc) is 2.86. The van der Waals surface area contributed by atoms with Crippen LogP contribution in [-0.2, 0) is 0 Å². The highest BCUT2D eigenvalue weighted by atomic mass is 79.9. The van der Waals surface area contributed by atoms with Gasteiger partial charge in [-0.2, -0.15) is 0 Å². The standard InChI is InChI=1S/C14H19BrN2O/c1-9(10-4-2-3-5-10)17-14(18)11-6-7-13(16)12(15)8-11/h6-10H,2-5,16H2,1H3,(H,17,18). The van der Waals surface area contributed by atoms with Gasteiger partial charge in [0.05, 0.1) is 0 Å². The van der Waals surface area contributed by atoms with Crippen LogP contribution in [0.1, 0.15) is 43.0 Å². The Labute approximate surface area is 116 Å². The summed E-state index contributed by atoms with van der Waals surface area (Å²) in [6.07, 6.45) is 5.04. The molecule has 1 aliphatic carbocycles. The van der Waals surface area contributed by atoms with Crippen molar-refractivity contribution in [3.63, 3.8) is 0 Å². The molecule has 0 aliphatic heterocycles. The number of carbonyl (C=O) groups is 1. The normalized spacial score (nSPS) is 17.7. The largest absolute Gasteiger partial charge is 0.398 e. The minimum Gasteiger partial charge on any atom is -0.398 e. The fourth-order valence-electron chi connectivity index (χ4n) is 2.53. The first-order chi connectivity index (χ1) is 8.58. The highest BCUT2D eigenvalue weighted by Gasteiger charge is 2.23. The van der Waals surface area contributed by atoms with E-state index < -0.39 is 0 Å². The maximum atomic E-state index is 12.1. The molecule has 0 heterocycles. The Hall–Kier alpha value is -1.03. The Balaban J connectivity index is 2.00. The van der Waals surface area contributed by atoms with E-state index in [0.29, 0.717) is 17.2 Å². The molecule has 0 aromatic heterocycles. The Morgan fingerprint density at radius 1 is 1.44 bits per heavy atom. The number of carbonyl (C=O) groups excluding carboxylic acids is 1. The third kappa shape index (κ3) is 3.05. The minimum absolute atomic E-state index is 0.0184. The van der Waals surface area contributed by atoms with Gasteiger partial charge in [0.15, 0.2) is 0 Å². The lowest BCUT2D eigenvalue weighted by molar-refractivity contribution is 0.0927. The maximum absolute atomic E-state index is 12.1. The van der Waals surface area contributed by atoms with Gasteiger partial charge in [0.25, 0.3) is 5.91 Å². The predicted octanol–water partition coefficient (Wildman–Crippen LogP) is 3.34. The van der Waals surface area contributed by atoms with Crippen LogP contribution in [0.25, 0.3) is 0 Å². The van der Waals surface area contributed by atoms with Crippen molar-refractivity contribution in [3.8, 4) is 0 Å². The van der Waals surface area contributed by atoms with Gasteiger partial charge in [0.1, 0.15) is 0 Å². The zero-order valence-electron chi connectivity index (χ0n) is 10.6. The molecule has 0 bridgehead atoms. The van der Waals surface area contributed by atoms with Crippen molar-refractivity contribution in [1.82, 2.24) is 5.32 Å². The van der Waals surface area contributed by atoms with E-state index in [4.69, 9.17) is 5.73 Å². The Kier molecular flexibility index (Phi) is 4.27. The van der Waals surface area contributed by atoms with E-state index in [2.05, 4.69) is 28.2 Å². The second kappa shape index (κ2) is 5.74. The first-order valence-electron chi connectivity index (χ1n) is 6.44. The number of benzene rings is 1. The van der Waals surface area contributed by atoms with Gasteiger partial charge < -0.3 is 11.1 Å². The van der Waals surface area contributed by atoms with Gasteiger partial charge >= 0.3 is 0 Å². The van der Waals surface area contributed by atoms with Crippen LogP contribution in [0.4, 0.5) is 5.69 Å². The second-order valence-electron chi connectivity index (χ2n) is 5.04. The average molecular weight is 311 g/mol. The smallest absolute Gasteiger partial charge is 0.251 e. The van der Waals surface area contributed by atoms with Crippen molar-refractivity contribution in [2.45, 2.75) is 38.6 Å². The fourth-order valence-corrected chi connectivity index (χ4v) is 2.91. The number of hydrogen-bond donors (Lipinski definition) is 2. The van der Waals surface area contributed by atoms with Crippen LogP contribution in [0.5, 0.6) is 0 Å². The van der Waals surface area contributed by atoms with Gasteiger partial charge in [0, 0.05) is 21.8 Å². The van der Waals surface area contributed by atoms with E-state index in [1.54, 1.807) is 18.2 Å². The number of anilines is 1. The number of halogens is 1.